The normalized spacial score (nSPS) is 11.5. The number of anilines is 1. The summed E-state index contributed by atoms with van der Waals surface area (Å²) in [5.41, 5.74) is 8.84. The fourth-order valence-electron chi connectivity index (χ4n) is 3.89. The smallest absolute Gasteiger partial charge is 0.204 e. The van der Waals surface area contributed by atoms with E-state index in [1.165, 1.54) is 11.6 Å². The third-order valence-corrected chi connectivity index (χ3v) is 5.77. The predicted octanol–water partition coefficient (Wildman–Crippen LogP) is 5.42. The van der Waals surface area contributed by atoms with Gasteiger partial charge in [-0.2, -0.15) is 0 Å². The van der Waals surface area contributed by atoms with Crippen LogP contribution in [0.15, 0.2) is 60.8 Å². The molecule has 0 radical (unpaired) electrons. The van der Waals surface area contributed by atoms with Crippen molar-refractivity contribution in [3.05, 3.63) is 89.4 Å². The Balaban J connectivity index is 0.00000108. The molecule has 1 amide bonds. The van der Waals surface area contributed by atoms with Crippen LogP contribution in [0.2, 0.25) is 0 Å². The van der Waals surface area contributed by atoms with Crippen molar-refractivity contribution in [2.75, 3.05) is 11.9 Å². The number of carbonyl (C=O) groups excluding carboxylic acids is 1. The number of pyridine rings is 1. The van der Waals surface area contributed by atoms with Gasteiger partial charge in [0.05, 0.1) is 6.54 Å². The highest BCUT2D eigenvalue weighted by molar-refractivity contribution is 5.71. The zero-order chi connectivity index (χ0) is 25.2. The lowest BCUT2D eigenvalue weighted by molar-refractivity contribution is -0.106. The SMILES string of the molecule is CCCNc1ccc(C(C)CCc2nc3cccnc3n2Cc2ccc(F)c(F)c2)cc1.NC=O. The minimum absolute atomic E-state index is 0.250. The lowest BCUT2D eigenvalue weighted by atomic mass is 9.96. The number of amides is 1. The first-order valence-corrected chi connectivity index (χ1v) is 11.7. The van der Waals surface area contributed by atoms with Crippen molar-refractivity contribution in [1.82, 2.24) is 14.5 Å². The Bertz CT molecular complexity index is 1240. The minimum atomic E-state index is -0.841. The molecule has 0 saturated carbocycles. The van der Waals surface area contributed by atoms with E-state index in [0.29, 0.717) is 18.0 Å². The van der Waals surface area contributed by atoms with Crippen molar-refractivity contribution < 1.29 is 13.6 Å². The molecule has 0 fully saturated rings. The Morgan fingerprint density at radius 2 is 1.86 bits per heavy atom. The molecule has 0 spiro atoms. The summed E-state index contributed by atoms with van der Waals surface area (Å²) >= 11 is 0. The first-order chi connectivity index (χ1) is 17.0. The standard InChI is InChI=1S/C26H28F2N4.CH3NO/c1-3-14-29-21-10-8-20(9-11-21)18(2)6-13-25-31-24-5-4-15-30-26(24)32(25)17-19-7-12-22(27)23(28)16-19;2-1-3/h4-5,7-12,15-16,18,29H,3,6,13-14,17H2,1-2H3;1H,(H2,2,3). The highest BCUT2D eigenvalue weighted by Gasteiger charge is 2.15. The molecule has 4 rings (SSSR count). The van der Waals surface area contributed by atoms with E-state index >= 15 is 0 Å². The Kier molecular flexibility index (Phi) is 9.29. The number of primary amides is 1. The van der Waals surface area contributed by atoms with Gasteiger partial charge in [0.15, 0.2) is 17.3 Å². The largest absolute Gasteiger partial charge is 0.385 e. The van der Waals surface area contributed by atoms with Crippen LogP contribution in [-0.4, -0.2) is 27.5 Å². The van der Waals surface area contributed by atoms with Crippen LogP contribution < -0.4 is 11.1 Å². The van der Waals surface area contributed by atoms with Crippen LogP contribution in [0.25, 0.3) is 11.2 Å². The van der Waals surface area contributed by atoms with E-state index in [-0.39, 0.29) is 6.41 Å². The molecule has 6 nitrogen and oxygen atoms in total. The second-order valence-electron chi connectivity index (χ2n) is 8.33. The van der Waals surface area contributed by atoms with E-state index in [1.807, 2.05) is 16.7 Å². The Labute approximate surface area is 204 Å². The molecule has 0 aliphatic heterocycles. The molecule has 1 atom stereocenters. The van der Waals surface area contributed by atoms with Gasteiger partial charge in [0.2, 0.25) is 6.41 Å². The van der Waals surface area contributed by atoms with Gasteiger partial charge in [-0.15, -0.1) is 0 Å². The third kappa shape index (κ3) is 6.85. The van der Waals surface area contributed by atoms with Crippen molar-refractivity contribution in [3.63, 3.8) is 0 Å². The fourth-order valence-corrected chi connectivity index (χ4v) is 3.89. The quantitative estimate of drug-likeness (QED) is 0.314. The van der Waals surface area contributed by atoms with E-state index in [2.05, 4.69) is 54.1 Å². The number of benzene rings is 2. The van der Waals surface area contributed by atoms with Gasteiger partial charge in [0.25, 0.3) is 0 Å². The zero-order valence-corrected chi connectivity index (χ0v) is 20.0. The maximum Gasteiger partial charge on any atom is 0.204 e. The van der Waals surface area contributed by atoms with E-state index in [0.717, 1.165) is 54.5 Å². The molecule has 8 heteroatoms. The van der Waals surface area contributed by atoms with Crippen molar-refractivity contribution in [2.45, 2.75) is 45.6 Å². The maximum atomic E-state index is 13.7. The lowest BCUT2D eigenvalue weighted by Crippen LogP contribution is -2.08. The molecule has 3 N–H and O–H groups in total. The van der Waals surface area contributed by atoms with Crippen LogP contribution in [0.4, 0.5) is 14.5 Å². The van der Waals surface area contributed by atoms with Gasteiger partial charge in [0.1, 0.15) is 11.3 Å². The van der Waals surface area contributed by atoms with Crippen LogP contribution in [0.3, 0.4) is 0 Å². The van der Waals surface area contributed by atoms with Gasteiger partial charge in [0, 0.05) is 24.8 Å². The van der Waals surface area contributed by atoms with Gasteiger partial charge in [-0.05, 0) is 66.3 Å². The molecule has 0 aliphatic carbocycles. The number of imidazole rings is 1. The van der Waals surface area contributed by atoms with Crippen molar-refractivity contribution in [1.29, 1.82) is 0 Å². The summed E-state index contributed by atoms with van der Waals surface area (Å²) in [6, 6.07) is 16.4. The van der Waals surface area contributed by atoms with Crippen molar-refractivity contribution in [2.24, 2.45) is 5.73 Å². The van der Waals surface area contributed by atoms with Gasteiger partial charge in [-0.1, -0.05) is 32.0 Å². The second kappa shape index (κ2) is 12.6. The van der Waals surface area contributed by atoms with Crippen LogP contribution in [0.1, 0.15) is 49.6 Å². The van der Waals surface area contributed by atoms with Gasteiger partial charge in [-0.3, -0.25) is 4.79 Å². The molecule has 0 aliphatic rings. The minimum Gasteiger partial charge on any atom is -0.385 e. The second-order valence-corrected chi connectivity index (χ2v) is 8.33. The molecule has 4 aromatic rings. The highest BCUT2D eigenvalue weighted by atomic mass is 19.2. The van der Waals surface area contributed by atoms with Crippen LogP contribution in [0.5, 0.6) is 0 Å². The number of aryl methyl sites for hydroxylation is 1. The first-order valence-electron chi connectivity index (χ1n) is 11.7. The van der Waals surface area contributed by atoms with E-state index < -0.39 is 11.6 Å². The van der Waals surface area contributed by atoms with Crippen molar-refractivity contribution in [3.8, 4) is 0 Å². The number of aromatic nitrogens is 3. The summed E-state index contributed by atoms with van der Waals surface area (Å²) < 4.78 is 29.1. The van der Waals surface area contributed by atoms with Gasteiger partial charge >= 0.3 is 0 Å². The Morgan fingerprint density at radius 3 is 2.54 bits per heavy atom. The predicted molar refractivity (Wildman–Crippen MR) is 135 cm³/mol. The van der Waals surface area contributed by atoms with Crippen molar-refractivity contribution >= 4 is 23.3 Å². The summed E-state index contributed by atoms with van der Waals surface area (Å²) in [7, 11) is 0. The summed E-state index contributed by atoms with van der Waals surface area (Å²) in [4.78, 5) is 17.9. The topological polar surface area (TPSA) is 85.8 Å². The summed E-state index contributed by atoms with van der Waals surface area (Å²) in [5, 5.41) is 3.40. The number of carbonyl (C=O) groups is 1. The Morgan fingerprint density at radius 1 is 1.11 bits per heavy atom. The highest BCUT2D eigenvalue weighted by Crippen LogP contribution is 2.25. The summed E-state index contributed by atoms with van der Waals surface area (Å²) in [6.07, 6.45) is 4.75. The monoisotopic (exact) mass is 479 g/mol. The molecule has 1 unspecified atom stereocenters. The molecule has 35 heavy (non-hydrogen) atoms. The van der Waals surface area contributed by atoms with Gasteiger partial charge in [-0.25, -0.2) is 18.7 Å². The number of nitrogens with two attached hydrogens (primary N) is 1. The number of hydrogen-bond donors (Lipinski definition) is 2. The Hall–Kier alpha value is -3.81. The molecule has 2 aromatic carbocycles. The lowest BCUT2D eigenvalue weighted by Gasteiger charge is -2.14. The number of fused-ring (bicyclic) bond motifs is 1. The molecule has 0 saturated heterocycles. The van der Waals surface area contributed by atoms with E-state index in [9.17, 15) is 8.78 Å². The van der Waals surface area contributed by atoms with E-state index in [1.54, 1.807) is 12.3 Å². The summed E-state index contributed by atoms with van der Waals surface area (Å²) in [5.74, 6) is -0.421. The molecule has 2 aromatic heterocycles. The number of nitrogens with one attached hydrogen (secondary N) is 1. The number of nitrogens with zero attached hydrogens (tertiary/aromatic N) is 3. The average molecular weight is 480 g/mol. The molecule has 2 heterocycles. The third-order valence-electron chi connectivity index (χ3n) is 5.77. The molecular weight excluding hydrogens is 448 g/mol. The molecule has 184 valence electrons. The zero-order valence-electron chi connectivity index (χ0n) is 20.0. The molecular formula is C27H31F2N5O. The number of hydrogen-bond acceptors (Lipinski definition) is 4. The first kappa shape index (κ1) is 25.8. The fraction of sp³-hybridized carbons (Fsp3) is 0.296. The van der Waals surface area contributed by atoms with Crippen LogP contribution in [0, 0.1) is 11.6 Å². The van der Waals surface area contributed by atoms with Crippen LogP contribution in [-0.2, 0) is 17.8 Å². The van der Waals surface area contributed by atoms with Gasteiger partial charge < -0.3 is 15.6 Å². The molecule has 0 bridgehead atoms. The maximum absolute atomic E-state index is 13.7. The number of rotatable bonds is 9. The van der Waals surface area contributed by atoms with E-state index in [4.69, 9.17) is 9.78 Å². The average Bonchev–Trinajstić information content (AvgIpc) is 3.21. The summed E-state index contributed by atoms with van der Waals surface area (Å²) in [6.45, 7) is 5.73. The van der Waals surface area contributed by atoms with Crippen LogP contribution >= 0.6 is 0 Å². The number of halogens is 2.